The molecule has 0 bridgehead atoms. The molecule has 0 radical (unpaired) electrons. The van der Waals surface area contributed by atoms with Crippen LogP contribution in [-0.2, 0) is 11.3 Å². The van der Waals surface area contributed by atoms with Crippen molar-refractivity contribution < 1.29 is 9.72 Å². The largest absolute Gasteiger partial charge is 0.338 e. The van der Waals surface area contributed by atoms with E-state index in [1.807, 2.05) is 6.07 Å². The number of nitro benzene ring substituents is 1. The van der Waals surface area contributed by atoms with Gasteiger partial charge in [0, 0.05) is 32.8 Å². The van der Waals surface area contributed by atoms with Crippen molar-refractivity contribution in [1.29, 1.82) is 0 Å². The van der Waals surface area contributed by atoms with Crippen molar-refractivity contribution in [3.8, 4) is 0 Å². The third-order valence-corrected chi connectivity index (χ3v) is 4.47. The second-order valence-electron chi connectivity index (χ2n) is 5.12. The lowest BCUT2D eigenvalue weighted by Crippen LogP contribution is -2.18. The predicted octanol–water partition coefficient (Wildman–Crippen LogP) is 4.45. The molecule has 1 heterocycles. The number of amides is 1. The average molecular weight is 456 g/mol. The van der Waals surface area contributed by atoms with E-state index < -0.39 is 4.92 Å². The third kappa shape index (κ3) is 3.51. The van der Waals surface area contributed by atoms with Crippen LogP contribution in [0.4, 0.5) is 11.4 Å². The van der Waals surface area contributed by atoms with Crippen molar-refractivity contribution in [2.75, 3.05) is 5.32 Å². The number of carbonyl (C=O) groups excluding carboxylic acids is 1. The maximum absolute atomic E-state index is 12.2. The molecule has 6 nitrogen and oxygen atoms in total. The Balaban J connectivity index is 1.79. The minimum Gasteiger partial charge on any atom is -0.338 e. The van der Waals surface area contributed by atoms with E-state index in [0.717, 1.165) is 9.09 Å². The summed E-state index contributed by atoms with van der Waals surface area (Å²) in [7, 11) is 0. The van der Waals surface area contributed by atoms with Gasteiger partial charge in [-0.05, 0) is 52.9 Å². The molecule has 3 aromatic rings. The fourth-order valence-electron chi connectivity index (χ4n) is 2.37. The lowest BCUT2D eigenvalue weighted by molar-refractivity contribution is -0.384. The highest BCUT2D eigenvalue weighted by Gasteiger charge is 2.12. The van der Waals surface area contributed by atoms with E-state index in [1.54, 1.807) is 35.0 Å². The highest BCUT2D eigenvalue weighted by Crippen LogP contribution is 2.25. The summed E-state index contributed by atoms with van der Waals surface area (Å²) in [6.07, 6.45) is 1.73. The first-order valence-electron chi connectivity index (χ1n) is 6.92. The van der Waals surface area contributed by atoms with E-state index >= 15 is 0 Å². The topological polar surface area (TPSA) is 77.2 Å². The van der Waals surface area contributed by atoms with Crippen LogP contribution in [0, 0.1) is 13.7 Å². The third-order valence-electron chi connectivity index (χ3n) is 3.48. The number of rotatable bonds is 4. The molecule has 0 aliphatic rings. The molecule has 1 aromatic heterocycles. The second kappa shape index (κ2) is 6.78. The molecule has 0 spiro atoms. The van der Waals surface area contributed by atoms with Crippen LogP contribution in [0.1, 0.15) is 0 Å². The van der Waals surface area contributed by atoms with Gasteiger partial charge in [0.2, 0.25) is 5.91 Å². The van der Waals surface area contributed by atoms with Gasteiger partial charge < -0.3 is 9.88 Å². The quantitative estimate of drug-likeness (QED) is 0.359. The first-order chi connectivity index (χ1) is 11.4. The number of nitrogens with zero attached hydrogens (tertiary/aromatic N) is 2. The van der Waals surface area contributed by atoms with E-state index in [0.29, 0.717) is 16.1 Å². The highest BCUT2D eigenvalue weighted by atomic mass is 127. The molecule has 0 fully saturated rings. The van der Waals surface area contributed by atoms with Gasteiger partial charge in [-0.25, -0.2) is 0 Å². The summed E-state index contributed by atoms with van der Waals surface area (Å²) in [5.74, 6) is -0.228. The molecular formula is C16H11ClIN3O3. The number of nitro groups is 1. The predicted molar refractivity (Wildman–Crippen MR) is 101 cm³/mol. The molecule has 0 aliphatic carbocycles. The van der Waals surface area contributed by atoms with E-state index in [4.69, 9.17) is 11.6 Å². The van der Waals surface area contributed by atoms with Crippen LogP contribution in [0.15, 0.2) is 48.7 Å². The van der Waals surface area contributed by atoms with Crippen molar-refractivity contribution in [2.24, 2.45) is 0 Å². The summed E-state index contributed by atoms with van der Waals surface area (Å²) in [6, 6.07) is 11.7. The Morgan fingerprint density at radius 1 is 1.25 bits per heavy atom. The van der Waals surface area contributed by atoms with E-state index in [9.17, 15) is 14.9 Å². The van der Waals surface area contributed by atoms with Crippen LogP contribution in [0.3, 0.4) is 0 Å². The number of halogens is 2. The molecular weight excluding hydrogens is 445 g/mol. The number of carbonyl (C=O) groups is 1. The van der Waals surface area contributed by atoms with Gasteiger partial charge in [-0.1, -0.05) is 11.6 Å². The zero-order chi connectivity index (χ0) is 17.3. The molecule has 3 rings (SSSR count). The minimum atomic E-state index is -0.442. The summed E-state index contributed by atoms with van der Waals surface area (Å²) in [5.41, 5.74) is 1.33. The molecule has 8 heteroatoms. The van der Waals surface area contributed by atoms with Crippen molar-refractivity contribution in [1.82, 2.24) is 4.57 Å². The maximum Gasteiger partial charge on any atom is 0.270 e. The number of hydrogen-bond acceptors (Lipinski definition) is 3. The molecule has 1 N–H and O–H groups in total. The van der Waals surface area contributed by atoms with Crippen molar-refractivity contribution in [3.05, 3.63) is 67.4 Å². The van der Waals surface area contributed by atoms with Gasteiger partial charge in [0.25, 0.3) is 5.69 Å². The normalized spacial score (nSPS) is 10.8. The number of hydrogen-bond donors (Lipinski definition) is 1. The van der Waals surface area contributed by atoms with E-state index in [1.165, 1.54) is 12.1 Å². The van der Waals surface area contributed by atoms with E-state index in [-0.39, 0.29) is 18.1 Å². The van der Waals surface area contributed by atoms with Crippen molar-refractivity contribution in [2.45, 2.75) is 6.54 Å². The Kier molecular flexibility index (Phi) is 4.72. The van der Waals surface area contributed by atoms with Gasteiger partial charge in [0.1, 0.15) is 6.54 Å². The SMILES string of the molecule is O=C(Cn1ccc2cc([N+](=O)[O-])ccc21)Nc1ccc(I)cc1Cl. The molecule has 0 saturated carbocycles. The van der Waals surface area contributed by atoms with Crippen molar-refractivity contribution in [3.63, 3.8) is 0 Å². The number of non-ortho nitro benzene ring substituents is 1. The monoisotopic (exact) mass is 455 g/mol. The average Bonchev–Trinajstić information content (AvgIpc) is 2.92. The number of fused-ring (bicyclic) bond motifs is 1. The molecule has 0 atom stereocenters. The lowest BCUT2D eigenvalue weighted by atomic mass is 10.2. The number of aromatic nitrogens is 1. The number of benzene rings is 2. The van der Waals surface area contributed by atoms with Crippen LogP contribution in [-0.4, -0.2) is 15.4 Å². The van der Waals surface area contributed by atoms with Crippen LogP contribution >= 0.6 is 34.2 Å². The Bertz CT molecular complexity index is 955. The minimum absolute atomic E-state index is 0.0235. The Morgan fingerprint density at radius 2 is 2.04 bits per heavy atom. The van der Waals surface area contributed by atoms with Gasteiger partial charge in [-0.2, -0.15) is 0 Å². The van der Waals surface area contributed by atoms with Crippen LogP contribution in [0.2, 0.25) is 5.02 Å². The van der Waals surface area contributed by atoms with Gasteiger partial charge in [0.15, 0.2) is 0 Å². The lowest BCUT2D eigenvalue weighted by Gasteiger charge is -2.09. The van der Waals surface area contributed by atoms with Gasteiger partial charge >= 0.3 is 0 Å². The van der Waals surface area contributed by atoms with Gasteiger partial charge in [0.05, 0.1) is 15.6 Å². The molecule has 0 unspecified atom stereocenters. The van der Waals surface area contributed by atoms with Crippen LogP contribution < -0.4 is 5.32 Å². The Morgan fingerprint density at radius 3 is 2.75 bits per heavy atom. The molecule has 2 aromatic carbocycles. The first-order valence-corrected chi connectivity index (χ1v) is 8.38. The molecule has 0 aliphatic heterocycles. The Hall–Kier alpha value is -2.13. The number of nitrogens with one attached hydrogen (secondary N) is 1. The van der Waals surface area contributed by atoms with Crippen molar-refractivity contribution >= 4 is 62.4 Å². The van der Waals surface area contributed by atoms with Gasteiger partial charge in [-0.3, -0.25) is 14.9 Å². The van der Waals surface area contributed by atoms with Crippen LogP contribution in [0.25, 0.3) is 10.9 Å². The smallest absolute Gasteiger partial charge is 0.270 e. The van der Waals surface area contributed by atoms with Gasteiger partial charge in [-0.15, -0.1) is 0 Å². The fraction of sp³-hybridized carbons (Fsp3) is 0.0625. The molecule has 24 heavy (non-hydrogen) atoms. The summed E-state index contributed by atoms with van der Waals surface area (Å²) in [6.45, 7) is 0.0869. The fourth-order valence-corrected chi connectivity index (χ4v) is 3.28. The maximum atomic E-state index is 12.2. The summed E-state index contributed by atoms with van der Waals surface area (Å²) in [5, 5.41) is 14.8. The van der Waals surface area contributed by atoms with E-state index in [2.05, 4.69) is 27.9 Å². The second-order valence-corrected chi connectivity index (χ2v) is 6.77. The summed E-state index contributed by atoms with van der Waals surface area (Å²) >= 11 is 8.25. The molecule has 0 saturated heterocycles. The number of anilines is 1. The summed E-state index contributed by atoms with van der Waals surface area (Å²) in [4.78, 5) is 22.6. The zero-order valence-electron chi connectivity index (χ0n) is 12.2. The zero-order valence-corrected chi connectivity index (χ0v) is 15.1. The summed E-state index contributed by atoms with van der Waals surface area (Å²) < 4.78 is 2.71. The first kappa shape index (κ1) is 16.7. The molecule has 122 valence electrons. The Labute approximate surface area is 155 Å². The standard InChI is InChI=1S/C16H11ClIN3O3/c17-13-8-11(18)1-3-14(13)19-16(22)9-20-6-5-10-7-12(21(23)24)2-4-15(10)20/h1-8H,9H2,(H,19,22). The highest BCUT2D eigenvalue weighted by molar-refractivity contribution is 14.1. The van der Waals surface area contributed by atoms with Crippen LogP contribution in [0.5, 0.6) is 0 Å². The molecule has 1 amide bonds.